The fraction of sp³-hybridized carbons (Fsp3) is 0.273. The zero-order valence-corrected chi connectivity index (χ0v) is 16.7. The van der Waals surface area contributed by atoms with E-state index in [-0.39, 0.29) is 25.0 Å². The first-order valence-electron chi connectivity index (χ1n) is 9.58. The first-order valence-corrected chi connectivity index (χ1v) is 9.58. The number of aliphatic hydroxyl groups excluding tert-OH is 1. The van der Waals surface area contributed by atoms with E-state index in [2.05, 4.69) is 16.4 Å². The Morgan fingerprint density at radius 1 is 1.23 bits per heavy atom. The second-order valence-electron chi connectivity index (χ2n) is 7.52. The zero-order valence-electron chi connectivity index (χ0n) is 16.7. The lowest BCUT2D eigenvalue weighted by atomic mass is 9.88. The van der Waals surface area contributed by atoms with Crippen LogP contribution in [0.4, 0.5) is 4.79 Å². The van der Waals surface area contributed by atoms with Gasteiger partial charge < -0.3 is 10.0 Å². The summed E-state index contributed by atoms with van der Waals surface area (Å²) >= 11 is 0. The summed E-state index contributed by atoms with van der Waals surface area (Å²) in [7, 11) is 0. The van der Waals surface area contributed by atoms with Gasteiger partial charge in [0, 0.05) is 20.0 Å². The van der Waals surface area contributed by atoms with Gasteiger partial charge >= 0.3 is 6.03 Å². The Labute approximate surface area is 174 Å². The van der Waals surface area contributed by atoms with Crippen molar-refractivity contribution in [2.24, 2.45) is 4.99 Å². The Morgan fingerprint density at radius 2 is 1.93 bits per heavy atom. The van der Waals surface area contributed by atoms with Crippen LogP contribution in [0, 0.1) is 11.3 Å². The van der Waals surface area contributed by atoms with Crippen LogP contribution in [0.25, 0.3) is 11.1 Å². The van der Waals surface area contributed by atoms with E-state index in [1.54, 1.807) is 17.9 Å². The molecule has 0 aliphatic carbocycles. The summed E-state index contributed by atoms with van der Waals surface area (Å²) in [5, 5.41) is 22.9. The number of rotatable bonds is 2. The number of nitrogens with one attached hydrogen (secondary N) is 1. The SMILES string of the molecule is CC(=O)N1CCN2C(=NC(C)(c3cccc(-c4cccc(C#N)c4)c3)C2O)NC1=O. The Balaban J connectivity index is 1.70. The number of nitrogens with zero attached hydrogens (tertiary/aromatic N) is 4. The van der Waals surface area contributed by atoms with Crippen molar-refractivity contribution in [3.63, 3.8) is 0 Å². The van der Waals surface area contributed by atoms with Gasteiger partial charge in [0.1, 0.15) is 5.54 Å². The molecule has 2 N–H and O–H groups in total. The molecular formula is C22H21N5O3. The highest BCUT2D eigenvalue weighted by Crippen LogP contribution is 2.38. The van der Waals surface area contributed by atoms with E-state index in [1.807, 2.05) is 42.5 Å². The minimum atomic E-state index is -1.01. The zero-order chi connectivity index (χ0) is 21.5. The van der Waals surface area contributed by atoms with Gasteiger partial charge in [0.15, 0.2) is 6.23 Å². The minimum Gasteiger partial charge on any atom is -0.371 e. The van der Waals surface area contributed by atoms with Crippen molar-refractivity contribution in [2.75, 3.05) is 13.1 Å². The molecule has 30 heavy (non-hydrogen) atoms. The van der Waals surface area contributed by atoms with Crippen LogP contribution in [0.3, 0.4) is 0 Å². The van der Waals surface area contributed by atoms with E-state index < -0.39 is 17.8 Å². The van der Waals surface area contributed by atoms with Crippen molar-refractivity contribution in [3.05, 3.63) is 59.7 Å². The number of aliphatic imine (C=N–C) groups is 1. The number of fused-ring (bicyclic) bond motifs is 1. The monoisotopic (exact) mass is 403 g/mol. The van der Waals surface area contributed by atoms with Crippen molar-refractivity contribution < 1.29 is 14.7 Å². The van der Waals surface area contributed by atoms with Crippen molar-refractivity contribution >= 4 is 17.9 Å². The van der Waals surface area contributed by atoms with Gasteiger partial charge in [-0.05, 0) is 41.8 Å². The van der Waals surface area contributed by atoms with Crippen LogP contribution in [0.2, 0.25) is 0 Å². The van der Waals surface area contributed by atoms with E-state index >= 15 is 0 Å². The van der Waals surface area contributed by atoms with Crippen LogP contribution in [-0.2, 0) is 10.3 Å². The van der Waals surface area contributed by atoms with Gasteiger partial charge in [-0.15, -0.1) is 0 Å². The molecule has 4 rings (SSSR count). The molecule has 1 saturated heterocycles. The van der Waals surface area contributed by atoms with Crippen molar-refractivity contribution in [1.82, 2.24) is 15.1 Å². The molecule has 0 aromatic heterocycles. The average Bonchev–Trinajstić information content (AvgIpc) is 2.88. The molecule has 8 heteroatoms. The highest BCUT2D eigenvalue weighted by molar-refractivity contribution is 6.04. The van der Waals surface area contributed by atoms with Crippen LogP contribution in [0.1, 0.15) is 25.0 Å². The molecule has 0 spiro atoms. The van der Waals surface area contributed by atoms with Gasteiger partial charge in [-0.3, -0.25) is 15.0 Å². The van der Waals surface area contributed by atoms with Gasteiger partial charge in [-0.25, -0.2) is 9.79 Å². The predicted octanol–water partition coefficient (Wildman–Crippen LogP) is 2.00. The summed E-state index contributed by atoms with van der Waals surface area (Å²) < 4.78 is 0. The molecule has 2 aromatic carbocycles. The van der Waals surface area contributed by atoms with Gasteiger partial charge in [-0.2, -0.15) is 5.26 Å². The lowest BCUT2D eigenvalue weighted by molar-refractivity contribution is -0.126. The standard InChI is InChI=1S/C22H21N5O3/c1-14(28)26-9-10-27-19(29)22(2,25-20(27)24-21(26)30)18-8-4-7-17(12-18)16-6-3-5-15(11-16)13-23/h3-8,11-12,19,29H,9-10H2,1-2H3,(H,24,25,30). The average molecular weight is 403 g/mol. The maximum absolute atomic E-state index is 12.3. The molecule has 0 radical (unpaired) electrons. The van der Waals surface area contributed by atoms with E-state index in [0.29, 0.717) is 5.56 Å². The lowest BCUT2D eigenvalue weighted by Crippen LogP contribution is -2.47. The minimum absolute atomic E-state index is 0.161. The fourth-order valence-electron chi connectivity index (χ4n) is 3.86. The first-order chi connectivity index (χ1) is 14.3. The number of carbonyl (C=O) groups is 2. The quantitative estimate of drug-likeness (QED) is 0.797. The molecule has 8 nitrogen and oxygen atoms in total. The number of carbonyl (C=O) groups excluding carboxylic acids is 2. The summed E-state index contributed by atoms with van der Waals surface area (Å²) in [6.45, 7) is 3.57. The number of benzene rings is 2. The molecule has 2 aliphatic rings. The molecule has 1 fully saturated rings. The predicted molar refractivity (Wildman–Crippen MR) is 110 cm³/mol. The number of aliphatic hydroxyl groups is 1. The number of hydrogen-bond acceptors (Lipinski definition) is 6. The fourth-order valence-corrected chi connectivity index (χ4v) is 3.86. The smallest absolute Gasteiger partial charge is 0.330 e. The molecule has 2 aliphatic heterocycles. The summed E-state index contributed by atoms with van der Waals surface area (Å²) in [5.74, 6) is -0.116. The Morgan fingerprint density at radius 3 is 2.63 bits per heavy atom. The van der Waals surface area contributed by atoms with Gasteiger partial charge in [0.05, 0.1) is 11.6 Å². The Kier molecular flexibility index (Phi) is 4.76. The number of amides is 3. The van der Waals surface area contributed by atoms with Crippen LogP contribution in [-0.4, -0.2) is 52.1 Å². The molecule has 3 amide bonds. The molecule has 2 atom stereocenters. The molecule has 152 valence electrons. The molecule has 0 saturated carbocycles. The van der Waals surface area contributed by atoms with Crippen LogP contribution in [0.15, 0.2) is 53.5 Å². The summed E-state index contributed by atoms with van der Waals surface area (Å²) in [6.07, 6.45) is -1.01. The topological polar surface area (TPSA) is 109 Å². The van der Waals surface area contributed by atoms with Crippen LogP contribution >= 0.6 is 0 Å². The van der Waals surface area contributed by atoms with Gasteiger partial charge in [0.25, 0.3) is 0 Å². The molecule has 2 heterocycles. The third-order valence-corrected chi connectivity index (χ3v) is 5.59. The van der Waals surface area contributed by atoms with Crippen molar-refractivity contribution in [3.8, 4) is 17.2 Å². The number of urea groups is 1. The number of imide groups is 1. The number of hydrogen-bond donors (Lipinski definition) is 2. The van der Waals surface area contributed by atoms with E-state index in [1.165, 1.54) is 6.92 Å². The molecule has 2 unspecified atom stereocenters. The number of guanidine groups is 1. The van der Waals surface area contributed by atoms with Crippen LogP contribution in [0.5, 0.6) is 0 Å². The van der Waals surface area contributed by atoms with E-state index in [9.17, 15) is 14.7 Å². The molecule has 0 bridgehead atoms. The number of nitriles is 1. The van der Waals surface area contributed by atoms with Crippen LogP contribution < -0.4 is 5.32 Å². The largest absolute Gasteiger partial charge is 0.371 e. The second-order valence-corrected chi connectivity index (χ2v) is 7.52. The Hall–Kier alpha value is -3.70. The lowest BCUT2D eigenvalue weighted by Gasteiger charge is -2.31. The van der Waals surface area contributed by atoms with Crippen molar-refractivity contribution in [1.29, 1.82) is 5.26 Å². The third kappa shape index (κ3) is 3.19. The molecule has 2 aromatic rings. The summed E-state index contributed by atoms with van der Waals surface area (Å²) in [5.41, 5.74) is 2.11. The summed E-state index contributed by atoms with van der Waals surface area (Å²) in [4.78, 5) is 31.3. The van der Waals surface area contributed by atoms with Crippen molar-refractivity contribution in [2.45, 2.75) is 25.6 Å². The second kappa shape index (κ2) is 7.28. The van der Waals surface area contributed by atoms with Gasteiger partial charge in [-0.1, -0.05) is 30.3 Å². The maximum atomic E-state index is 12.3. The third-order valence-electron chi connectivity index (χ3n) is 5.59. The summed E-state index contributed by atoms with van der Waals surface area (Å²) in [6, 6.07) is 16.5. The highest BCUT2D eigenvalue weighted by Gasteiger charge is 2.47. The molecular weight excluding hydrogens is 382 g/mol. The highest BCUT2D eigenvalue weighted by atomic mass is 16.3. The normalized spacial score (nSPS) is 23.2. The van der Waals surface area contributed by atoms with E-state index in [0.717, 1.165) is 21.6 Å². The maximum Gasteiger partial charge on any atom is 0.330 e. The first kappa shape index (κ1) is 19.6. The Bertz CT molecular complexity index is 1110. The van der Waals surface area contributed by atoms with Gasteiger partial charge in [0.2, 0.25) is 11.9 Å². The van der Waals surface area contributed by atoms with E-state index in [4.69, 9.17) is 5.26 Å².